The summed E-state index contributed by atoms with van der Waals surface area (Å²) >= 11 is 0. The number of hydrogen-bond acceptors (Lipinski definition) is 5. The minimum Gasteiger partial charge on any atom is -0.391 e. The number of aliphatic hydroxyl groups excluding tert-OH is 2. The Balaban J connectivity index is 3.95. The number of nitrogens with one attached hydrogen (secondary N) is 1. The van der Waals surface area contributed by atoms with E-state index in [1.54, 1.807) is 0 Å². The van der Waals surface area contributed by atoms with Gasteiger partial charge in [-0.25, -0.2) is 0 Å². The van der Waals surface area contributed by atoms with Crippen LogP contribution in [0.1, 0.15) is 194 Å². The highest BCUT2D eigenvalue weighted by Gasteiger charge is 2.28. The molecule has 0 saturated carbocycles. The van der Waals surface area contributed by atoms with Crippen LogP contribution in [-0.2, 0) is 14.9 Å². The van der Waals surface area contributed by atoms with Gasteiger partial charge in [-0.1, -0.05) is 174 Å². The Morgan fingerprint density at radius 2 is 0.956 bits per heavy atom. The molecule has 4 N–H and O–H groups in total. The summed E-state index contributed by atoms with van der Waals surface area (Å²) in [6.07, 6.45) is 33.9. The van der Waals surface area contributed by atoms with E-state index in [2.05, 4.69) is 31.3 Å². The molecule has 268 valence electrons. The minimum atomic E-state index is -4.40. The van der Waals surface area contributed by atoms with Crippen molar-refractivity contribution in [3.8, 4) is 0 Å². The second-order valence-corrected chi connectivity index (χ2v) is 14.8. The summed E-state index contributed by atoms with van der Waals surface area (Å²) in [6, 6.07) is -1.15. The molecule has 0 aromatic carbocycles. The molecule has 0 bridgehead atoms. The van der Waals surface area contributed by atoms with Crippen molar-refractivity contribution in [1.82, 2.24) is 5.32 Å². The monoisotopic (exact) mass is 660 g/mol. The van der Waals surface area contributed by atoms with Gasteiger partial charge in [0.25, 0.3) is 10.1 Å². The molecule has 1 amide bonds. The van der Waals surface area contributed by atoms with E-state index in [0.717, 1.165) is 44.9 Å². The Morgan fingerprint density at radius 1 is 0.578 bits per heavy atom. The van der Waals surface area contributed by atoms with E-state index in [0.29, 0.717) is 19.3 Å². The summed E-state index contributed by atoms with van der Waals surface area (Å²) in [4.78, 5) is 12.5. The van der Waals surface area contributed by atoms with Gasteiger partial charge in [-0.05, 0) is 32.1 Å². The summed E-state index contributed by atoms with van der Waals surface area (Å²) in [6.45, 7) is 4.44. The second kappa shape index (κ2) is 31.6. The van der Waals surface area contributed by atoms with Gasteiger partial charge in [-0.2, -0.15) is 8.42 Å². The van der Waals surface area contributed by atoms with Gasteiger partial charge in [0.05, 0.1) is 17.9 Å². The minimum absolute atomic E-state index is 0.277. The number of carbonyl (C=O) groups excluding carboxylic acids is 1. The largest absolute Gasteiger partial charge is 0.391 e. The van der Waals surface area contributed by atoms with E-state index in [9.17, 15) is 28.0 Å². The van der Waals surface area contributed by atoms with Crippen LogP contribution in [0.4, 0.5) is 0 Å². The maximum Gasteiger partial charge on any atom is 0.266 e. The maximum absolute atomic E-state index is 12.5. The lowest BCUT2D eigenvalue weighted by atomic mass is 10.0. The maximum atomic E-state index is 12.5. The van der Waals surface area contributed by atoms with Crippen LogP contribution in [0.5, 0.6) is 0 Å². The molecule has 0 aromatic heterocycles. The van der Waals surface area contributed by atoms with Crippen LogP contribution in [0.15, 0.2) is 12.2 Å². The van der Waals surface area contributed by atoms with Crippen LogP contribution in [0.3, 0.4) is 0 Å². The van der Waals surface area contributed by atoms with Crippen LogP contribution in [0.25, 0.3) is 0 Å². The molecule has 0 radical (unpaired) electrons. The van der Waals surface area contributed by atoms with Crippen molar-refractivity contribution in [3.05, 3.63) is 12.2 Å². The third-order valence-corrected chi connectivity index (χ3v) is 9.61. The predicted molar refractivity (Wildman–Crippen MR) is 190 cm³/mol. The number of aliphatic hydroxyl groups is 2. The molecule has 0 spiro atoms. The van der Waals surface area contributed by atoms with Crippen molar-refractivity contribution in [3.63, 3.8) is 0 Å². The topological polar surface area (TPSA) is 124 Å². The Labute approximate surface area is 278 Å². The zero-order chi connectivity index (χ0) is 33.4. The molecule has 0 fully saturated rings. The van der Waals surface area contributed by atoms with Gasteiger partial charge >= 0.3 is 0 Å². The van der Waals surface area contributed by atoms with E-state index in [-0.39, 0.29) is 6.42 Å². The Kier molecular flexibility index (Phi) is 31.0. The van der Waals surface area contributed by atoms with E-state index < -0.39 is 40.0 Å². The lowest BCUT2D eigenvalue weighted by Gasteiger charge is -2.24. The average molecular weight is 660 g/mol. The highest BCUT2D eigenvalue weighted by Crippen LogP contribution is 2.16. The molecule has 0 saturated heterocycles. The van der Waals surface area contributed by atoms with Crippen LogP contribution in [0, 0.1) is 0 Å². The molecule has 3 unspecified atom stereocenters. The lowest BCUT2D eigenvalue weighted by molar-refractivity contribution is -0.131. The number of unbranched alkanes of at least 4 members (excludes halogenated alkanes) is 23. The van der Waals surface area contributed by atoms with Gasteiger partial charge in [0.15, 0.2) is 0 Å². The Morgan fingerprint density at radius 3 is 1.40 bits per heavy atom. The second-order valence-electron chi connectivity index (χ2n) is 13.4. The molecule has 7 nitrogen and oxygen atoms in total. The highest BCUT2D eigenvalue weighted by molar-refractivity contribution is 7.85. The van der Waals surface area contributed by atoms with Crippen molar-refractivity contribution in [2.24, 2.45) is 0 Å². The van der Waals surface area contributed by atoms with E-state index in [1.807, 2.05) is 0 Å². The molecule has 0 heterocycles. The number of amides is 1. The average Bonchev–Trinajstić information content (AvgIpc) is 3.00. The van der Waals surface area contributed by atoms with Gasteiger partial charge in [0, 0.05) is 0 Å². The van der Waals surface area contributed by atoms with Crippen molar-refractivity contribution >= 4 is 16.0 Å². The molecule has 0 aromatic rings. The molecule has 0 aliphatic heterocycles. The molecular formula is C37H73NO6S. The van der Waals surface area contributed by atoms with Crippen molar-refractivity contribution in [2.75, 3.05) is 5.75 Å². The quantitative estimate of drug-likeness (QED) is 0.0310. The summed E-state index contributed by atoms with van der Waals surface area (Å²) in [5.74, 6) is -1.47. The third kappa shape index (κ3) is 31.4. The molecule has 0 aliphatic rings. The highest BCUT2D eigenvalue weighted by atomic mass is 32.2. The van der Waals surface area contributed by atoms with Crippen LogP contribution in [-0.4, -0.2) is 53.1 Å². The summed E-state index contributed by atoms with van der Waals surface area (Å²) < 4.78 is 32.4. The van der Waals surface area contributed by atoms with Gasteiger partial charge < -0.3 is 15.5 Å². The van der Waals surface area contributed by atoms with Gasteiger partial charge in [0.1, 0.15) is 6.10 Å². The summed E-state index contributed by atoms with van der Waals surface area (Å²) in [5, 5.41) is 23.4. The molecular weight excluding hydrogens is 586 g/mol. The summed E-state index contributed by atoms with van der Waals surface area (Å²) in [7, 11) is -4.40. The van der Waals surface area contributed by atoms with Gasteiger partial charge in [-0.15, -0.1) is 0 Å². The fourth-order valence-electron chi connectivity index (χ4n) is 5.85. The van der Waals surface area contributed by atoms with Crippen LogP contribution >= 0.6 is 0 Å². The molecule has 8 heteroatoms. The molecule has 0 rings (SSSR count). The molecule has 45 heavy (non-hydrogen) atoms. The van der Waals surface area contributed by atoms with Crippen molar-refractivity contribution in [1.29, 1.82) is 0 Å². The predicted octanol–water partition coefficient (Wildman–Crippen LogP) is 9.60. The smallest absolute Gasteiger partial charge is 0.266 e. The van der Waals surface area contributed by atoms with E-state index >= 15 is 0 Å². The first-order valence-corrected chi connectivity index (χ1v) is 20.6. The van der Waals surface area contributed by atoms with E-state index in [1.165, 1.54) is 109 Å². The number of carbonyl (C=O) groups is 1. The van der Waals surface area contributed by atoms with E-state index in [4.69, 9.17) is 0 Å². The summed E-state index contributed by atoms with van der Waals surface area (Å²) in [5.41, 5.74) is 0. The van der Waals surface area contributed by atoms with Gasteiger partial charge in [0.2, 0.25) is 5.91 Å². The number of hydrogen-bond donors (Lipinski definition) is 4. The fourth-order valence-corrected chi connectivity index (χ4v) is 6.61. The van der Waals surface area contributed by atoms with Crippen molar-refractivity contribution in [2.45, 2.75) is 212 Å². The normalized spacial score (nSPS) is 14.2. The first-order chi connectivity index (χ1) is 21.7. The van der Waals surface area contributed by atoms with Gasteiger partial charge in [-0.3, -0.25) is 9.35 Å². The first-order valence-electron chi connectivity index (χ1n) is 19.0. The number of allylic oxidation sites excluding steroid dienone is 2. The molecule has 3 atom stereocenters. The lowest BCUT2D eigenvalue weighted by Crippen LogP contribution is -2.50. The first kappa shape index (κ1) is 44.0. The zero-order valence-electron chi connectivity index (χ0n) is 29.4. The zero-order valence-corrected chi connectivity index (χ0v) is 30.2. The fraction of sp³-hybridized carbons (Fsp3) is 0.919. The standard InChI is InChI=1S/C37H73NO6S/c1-3-5-7-9-11-13-14-15-16-17-18-19-20-21-22-24-25-27-29-31-35(39)34(33-45(42,43)44)38-37(41)36(40)32-30-28-26-23-12-10-8-6-4-2/h10,12,34-36,39-40H,3-9,11,13-33H2,1-2H3,(H,38,41)(H,42,43,44)/b12-10-. The third-order valence-electron chi connectivity index (χ3n) is 8.83. The van der Waals surface area contributed by atoms with Crippen molar-refractivity contribution < 1.29 is 28.0 Å². The number of rotatable bonds is 34. The Hall–Kier alpha value is -0.960. The van der Waals surface area contributed by atoms with Crippen LogP contribution in [0.2, 0.25) is 0 Å². The Bertz CT molecular complexity index is 788. The SMILES string of the molecule is CCCC/C=C\CCCCCC(O)C(=O)NC(CS(=O)(=O)O)C(O)CCCCCCCCCCCCCCCCCCCCC. The van der Waals surface area contributed by atoms with Crippen LogP contribution < -0.4 is 5.32 Å². The molecule has 0 aliphatic carbocycles.